The van der Waals surface area contributed by atoms with Gasteiger partial charge in [0.05, 0.1) is 26.9 Å². The maximum Gasteiger partial charge on any atom is 0.412 e. The number of ether oxygens (including phenoxy) is 6. The van der Waals surface area contributed by atoms with Crippen molar-refractivity contribution in [3.8, 4) is 5.75 Å². The van der Waals surface area contributed by atoms with Crippen molar-refractivity contribution in [3.05, 3.63) is 65.7 Å². The Labute approximate surface area is 180 Å². The molecule has 3 aliphatic heterocycles. The van der Waals surface area contributed by atoms with E-state index in [0.29, 0.717) is 19.8 Å². The number of rotatable bonds is 9. The summed E-state index contributed by atoms with van der Waals surface area (Å²) in [6, 6.07) is 17.3. The fourth-order valence-electron chi connectivity index (χ4n) is 4.05. The molecule has 0 N–H and O–H groups in total. The quantitative estimate of drug-likeness (QED) is 0.570. The van der Waals surface area contributed by atoms with Crippen LogP contribution in [0.1, 0.15) is 11.1 Å². The standard InChI is InChI=1S/C23H25NO7/c1-26-17-9-7-16(8-10-17)11-27-13-18-20-19(21-22(29-18)30-21)24(23(25)31-20)14-28-12-15-5-3-2-4-6-15/h2-10,18-22H,11-14H2,1H3/t18-,19-,20-,21+,22+/m0/s1. The lowest BCUT2D eigenvalue weighted by Crippen LogP contribution is -2.52. The molecule has 8 nitrogen and oxygen atoms in total. The summed E-state index contributed by atoms with van der Waals surface area (Å²) in [6.07, 6.45) is -1.78. The number of carbonyl (C=O) groups excluding carboxylic acids is 1. The van der Waals surface area contributed by atoms with Crippen molar-refractivity contribution >= 4 is 6.09 Å². The van der Waals surface area contributed by atoms with Gasteiger partial charge in [0.2, 0.25) is 0 Å². The number of carbonyl (C=O) groups is 1. The van der Waals surface area contributed by atoms with Crippen molar-refractivity contribution < 1.29 is 33.2 Å². The Hall–Kier alpha value is -2.65. The van der Waals surface area contributed by atoms with Crippen LogP contribution in [-0.2, 0) is 36.9 Å². The normalized spacial score (nSPS) is 28.6. The first-order valence-corrected chi connectivity index (χ1v) is 10.3. The molecule has 8 heteroatoms. The van der Waals surface area contributed by atoms with Crippen LogP contribution < -0.4 is 4.74 Å². The lowest BCUT2D eigenvalue weighted by atomic mass is 9.99. The fourth-order valence-corrected chi connectivity index (χ4v) is 4.05. The molecule has 5 atom stereocenters. The maximum atomic E-state index is 12.5. The van der Waals surface area contributed by atoms with Gasteiger partial charge < -0.3 is 28.4 Å². The molecule has 2 aromatic carbocycles. The molecule has 5 rings (SSSR count). The maximum absolute atomic E-state index is 12.5. The predicted octanol–water partition coefficient (Wildman–Crippen LogP) is 2.70. The van der Waals surface area contributed by atoms with E-state index in [1.165, 1.54) is 0 Å². The molecule has 3 fully saturated rings. The number of hydrogen-bond donors (Lipinski definition) is 0. The highest BCUT2D eigenvalue weighted by molar-refractivity contribution is 5.71. The van der Waals surface area contributed by atoms with Crippen LogP contribution in [0, 0.1) is 0 Å². The van der Waals surface area contributed by atoms with Crippen LogP contribution in [0.25, 0.3) is 0 Å². The number of nitrogens with zero attached hydrogens (tertiary/aromatic N) is 1. The molecule has 0 unspecified atom stereocenters. The first kappa shape index (κ1) is 20.3. The number of epoxide rings is 1. The Morgan fingerprint density at radius 1 is 0.903 bits per heavy atom. The van der Waals surface area contributed by atoms with E-state index in [0.717, 1.165) is 16.9 Å². The van der Waals surface area contributed by atoms with Gasteiger partial charge in [0.25, 0.3) is 0 Å². The molecule has 3 heterocycles. The molecule has 0 aliphatic carbocycles. The van der Waals surface area contributed by atoms with Gasteiger partial charge in [-0.15, -0.1) is 0 Å². The van der Waals surface area contributed by atoms with Crippen molar-refractivity contribution in [3.63, 3.8) is 0 Å². The van der Waals surface area contributed by atoms with Crippen molar-refractivity contribution in [2.24, 2.45) is 0 Å². The summed E-state index contributed by atoms with van der Waals surface area (Å²) in [7, 11) is 1.63. The van der Waals surface area contributed by atoms with Gasteiger partial charge in [-0.05, 0) is 23.3 Å². The molecule has 31 heavy (non-hydrogen) atoms. The number of hydrogen-bond acceptors (Lipinski definition) is 7. The first-order chi connectivity index (χ1) is 15.2. The third kappa shape index (κ3) is 4.38. The van der Waals surface area contributed by atoms with Crippen LogP contribution in [-0.4, -0.2) is 62.1 Å². The number of fused-ring (bicyclic) bond motifs is 3. The zero-order valence-corrected chi connectivity index (χ0v) is 17.2. The van der Waals surface area contributed by atoms with E-state index in [9.17, 15) is 4.79 Å². The largest absolute Gasteiger partial charge is 0.497 e. The van der Waals surface area contributed by atoms with Gasteiger partial charge in [-0.1, -0.05) is 42.5 Å². The van der Waals surface area contributed by atoms with Crippen LogP contribution in [0.3, 0.4) is 0 Å². The summed E-state index contributed by atoms with van der Waals surface area (Å²) in [5, 5.41) is 0. The van der Waals surface area contributed by atoms with Gasteiger partial charge >= 0.3 is 6.09 Å². The van der Waals surface area contributed by atoms with Crippen LogP contribution in [0.2, 0.25) is 0 Å². The SMILES string of the molecule is COc1ccc(COC[C@@H]2O[C@@H]3O[C@@H]3[C@@H]3[C@H]2OC(=O)N3COCc2ccccc2)cc1. The van der Waals surface area contributed by atoms with Gasteiger partial charge in [-0.25, -0.2) is 4.79 Å². The second-order valence-electron chi connectivity index (χ2n) is 7.78. The lowest BCUT2D eigenvalue weighted by molar-refractivity contribution is -0.119. The van der Waals surface area contributed by atoms with E-state index >= 15 is 0 Å². The minimum Gasteiger partial charge on any atom is -0.497 e. The topological polar surface area (TPSA) is 79.0 Å². The highest BCUT2D eigenvalue weighted by Gasteiger charge is 2.64. The molecule has 1 amide bonds. The molecule has 0 bridgehead atoms. The van der Waals surface area contributed by atoms with Gasteiger partial charge in [0.15, 0.2) is 12.4 Å². The average Bonchev–Trinajstić information content (AvgIpc) is 3.50. The minimum atomic E-state index is -0.451. The fraction of sp³-hybridized carbons (Fsp3) is 0.435. The molecule has 3 aliphatic rings. The van der Waals surface area contributed by atoms with Crippen LogP contribution in [0.5, 0.6) is 5.75 Å². The van der Waals surface area contributed by atoms with E-state index in [1.807, 2.05) is 54.6 Å². The Morgan fingerprint density at radius 3 is 2.42 bits per heavy atom. The zero-order valence-electron chi connectivity index (χ0n) is 17.2. The van der Waals surface area contributed by atoms with Crippen molar-refractivity contribution in [1.82, 2.24) is 4.90 Å². The number of benzene rings is 2. The Morgan fingerprint density at radius 2 is 1.65 bits per heavy atom. The van der Waals surface area contributed by atoms with E-state index < -0.39 is 18.3 Å². The Bertz CT molecular complexity index is 891. The minimum absolute atomic E-state index is 0.140. The second kappa shape index (κ2) is 8.84. The number of amides is 1. The molecule has 0 saturated carbocycles. The van der Waals surface area contributed by atoms with E-state index in [4.69, 9.17) is 28.4 Å². The van der Waals surface area contributed by atoms with Crippen LogP contribution in [0.15, 0.2) is 54.6 Å². The van der Waals surface area contributed by atoms with Crippen LogP contribution in [0.4, 0.5) is 4.79 Å². The van der Waals surface area contributed by atoms with Gasteiger partial charge in [0, 0.05) is 0 Å². The van der Waals surface area contributed by atoms with E-state index in [1.54, 1.807) is 12.0 Å². The van der Waals surface area contributed by atoms with Crippen LogP contribution >= 0.6 is 0 Å². The Kier molecular flexibility index (Phi) is 5.78. The summed E-state index contributed by atoms with van der Waals surface area (Å²) in [4.78, 5) is 14.1. The summed E-state index contributed by atoms with van der Waals surface area (Å²) in [5.74, 6) is 0.798. The van der Waals surface area contributed by atoms with Gasteiger partial charge in [0.1, 0.15) is 30.7 Å². The van der Waals surface area contributed by atoms with E-state index in [2.05, 4.69) is 0 Å². The lowest BCUT2D eigenvalue weighted by Gasteiger charge is -2.31. The van der Waals surface area contributed by atoms with Crippen molar-refractivity contribution in [2.45, 2.75) is 43.9 Å². The zero-order chi connectivity index (χ0) is 21.2. The summed E-state index contributed by atoms with van der Waals surface area (Å²) in [6.45, 7) is 1.28. The molecule has 164 valence electrons. The highest BCUT2D eigenvalue weighted by Crippen LogP contribution is 2.43. The molecule has 3 saturated heterocycles. The summed E-state index contributed by atoms with van der Waals surface area (Å²) >= 11 is 0. The molecule has 0 spiro atoms. The first-order valence-electron chi connectivity index (χ1n) is 10.3. The summed E-state index contributed by atoms with van der Waals surface area (Å²) < 4.78 is 34.0. The third-order valence-corrected chi connectivity index (χ3v) is 5.71. The number of methoxy groups -OCH3 is 1. The van der Waals surface area contributed by atoms with E-state index in [-0.39, 0.29) is 25.2 Å². The molecular formula is C23H25NO7. The predicted molar refractivity (Wildman–Crippen MR) is 108 cm³/mol. The van der Waals surface area contributed by atoms with Crippen molar-refractivity contribution in [2.75, 3.05) is 20.4 Å². The third-order valence-electron chi connectivity index (χ3n) is 5.71. The van der Waals surface area contributed by atoms with Crippen molar-refractivity contribution in [1.29, 1.82) is 0 Å². The highest BCUT2D eigenvalue weighted by atomic mass is 16.8. The molecular weight excluding hydrogens is 402 g/mol. The molecule has 0 radical (unpaired) electrons. The van der Waals surface area contributed by atoms with Gasteiger partial charge in [-0.3, -0.25) is 4.90 Å². The Balaban J connectivity index is 1.16. The van der Waals surface area contributed by atoms with Gasteiger partial charge in [-0.2, -0.15) is 0 Å². The monoisotopic (exact) mass is 427 g/mol. The average molecular weight is 427 g/mol. The second-order valence-corrected chi connectivity index (χ2v) is 7.78. The molecule has 2 aromatic rings. The summed E-state index contributed by atoms with van der Waals surface area (Å²) in [5.41, 5.74) is 2.07. The smallest absolute Gasteiger partial charge is 0.412 e. The molecule has 0 aromatic heterocycles.